The molecule has 138 valence electrons. The third kappa shape index (κ3) is 3.87. The molecule has 0 radical (unpaired) electrons. The van der Waals surface area contributed by atoms with E-state index < -0.39 is 23.0 Å². The van der Waals surface area contributed by atoms with Crippen LogP contribution >= 0.6 is 0 Å². The molecule has 1 saturated heterocycles. The van der Waals surface area contributed by atoms with Crippen LogP contribution in [0.1, 0.15) is 39.2 Å². The summed E-state index contributed by atoms with van der Waals surface area (Å²) in [6.45, 7) is 6.40. The monoisotopic (exact) mass is 348 g/mol. The smallest absolute Gasteiger partial charge is 0.341 e. The van der Waals surface area contributed by atoms with Crippen LogP contribution in [0.2, 0.25) is 0 Å². The molecular weight excluding hydrogens is 320 g/mol. The molecule has 7 nitrogen and oxygen atoms in total. The molecule has 1 unspecified atom stereocenters. The Kier molecular flexibility index (Phi) is 5.27. The van der Waals surface area contributed by atoms with Gasteiger partial charge in [0.05, 0.1) is 11.4 Å². The van der Waals surface area contributed by atoms with Crippen molar-refractivity contribution in [1.29, 1.82) is 0 Å². The van der Waals surface area contributed by atoms with Crippen LogP contribution in [-0.4, -0.2) is 42.5 Å². The maximum atomic E-state index is 13.1. The lowest BCUT2D eigenvalue weighted by atomic mass is 9.88. The Hall–Kier alpha value is -2.28. The molecule has 1 aliphatic heterocycles. The van der Waals surface area contributed by atoms with Crippen molar-refractivity contribution in [3.63, 3.8) is 0 Å². The average molecular weight is 348 g/mol. The number of amides is 1. The number of nitrogens with zero attached hydrogens (tertiary/aromatic N) is 1. The van der Waals surface area contributed by atoms with E-state index in [2.05, 4.69) is 5.32 Å². The molecule has 0 saturated carbocycles. The maximum Gasteiger partial charge on any atom is 0.341 e. The number of carbonyl (C=O) groups excluding carboxylic acids is 2. The molecule has 2 rings (SSSR count). The molecule has 0 spiro atoms. The minimum absolute atomic E-state index is 0.329. The Morgan fingerprint density at radius 3 is 2.28 bits per heavy atom. The van der Waals surface area contributed by atoms with E-state index in [-0.39, 0.29) is 0 Å². The zero-order chi connectivity index (χ0) is 18.8. The Balaban J connectivity index is 2.49. The van der Waals surface area contributed by atoms with E-state index in [0.717, 1.165) is 12.8 Å². The summed E-state index contributed by atoms with van der Waals surface area (Å²) in [7, 11) is 1.74. The van der Waals surface area contributed by atoms with Gasteiger partial charge in [0, 0.05) is 20.1 Å². The number of ether oxygens (including phenoxy) is 1. The molecule has 1 atom stereocenters. The Labute approximate surface area is 148 Å². The zero-order valence-electron chi connectivity index (χ0n) is 15.4. The van der Waals surface area contributed by atoms with E-state index in [1.54, 1.807) is 50.9 Å². The molecule has 0 aliphatic carbocycles. The van der Waals surface area contributed by atoms with E-state index in [9.17, 15) is 9.59 Å². The minimum Gasteiger partial charge on any atom is -0.458 e. The van der Waals surface area contributed by atoms with Gasteiger partial charge in [0.25, 0.3) is 5.91 Å². The van der Waals surface area contributed by atoms with Gasteiger partial charge >= 0.3 is 5.97 Å². The molecule has 1 aliphatic rings. The Morgan fingerprint density at radius 1 is 1.20 bits per heavy atom. The van der Waals surface area contributed by atoms with Crippen LogP contribution in [0, 0.1) is 0 Å². The summed E-state index contributed by atoms with van der Waals surface area (Å²) in [5.41, 5.74) is 11.2. The van der Waals surface area contributed by atoms with Gasteiger partial charge in [-0.3, -0.25) is 4.79 Å². The Morgan fingerprint density at radius 2 is 1.80 bits per heavy atom. The van der Waals surface area contributed by atoms with Crippen LogP contribution in [0.15, 0.2) is 18.2 Å². The zero-order valence-corrected chi connectivity index (χ0v) is 15.4. The van der Waals surface area contributed by atoms with Crippen LogP contribution in [-0.2, 0) is 19.9 Å². The number of nitrogen functional groups attached to an aromatic ring is 1. The summed E-state index contributed by atoms with van der Waals surface area (Å²) >= 11 is 0. The van der Waals surface area contributed by atoms with Gasteiger partial charge in [0.15, 0.2) is 0 Å². The van der Waals surface area contributed by atoms with Gasteiger partial charge in [0.1, 0.15) is 5.60 Å². The molecule has 5 N–H and O–H groups in total. The van der Waals surface area contributed by atoms with Crippen molar-refractivity contribution in [1.82, 2.24) is 4.90 Å². The Bertz CT molecular complexity index is 663. The lowest BCUT2D eigenvalue weighted by Crippen LogP contribution is -2.59. The molecule has 1 aromatic carbocycles. The predicted molar refractivity (Wildman–Crippen MR) is 97.9 cm³/mol. The largest absolute Gasteiger partial charge is 0.458 e. The topological polar surface area (TPSA) is 111 Å². The first-order chi connectivity index (χ1) is 11.6. The van der Waals surface area contributed by atoms with Gasteiger partial charge in [-0.2, -0.15) is 0 Å². The van der Waals surface area contributed by atoms with E-state index in [1.807, 2.05) is 0 Å². The first-order valence-electron chi connectivity index (χ1n) is 8.49. The number of hydrogen-bond acceptors (Lipinski definition) is 6. The summed E-state index contributed by atoms with van der Waals surface area (Å²) in [6.07, 6.45) is 1.80. The van der Waals surface area contributed by atoms with Gasteiger partial charge in [-0.05, 0) is 51.3 Å². The lowest BCUT2D eigenvalue weighted by molar-refractivity contribution is -0.167. The van der Waals surface area contributed by atoms with Gasteiger partial charge in [-0.25, -0.2) is 4.79 Å². The third-order valence-electron chi connectivity index (χ3n) is 4.23. The highest BCUT2D eigenvalue weighted by Gasteiger charge is 2.49. The predicted octanol–water partition coefficient (Wildman–Crippen LogP) is 1.43. The highest BCUT2D eigenvalue weighted by Crippen LogP contribution is 2.30. The second kappa shape index (κ2) is 6.92. The second-order valence-corrected chi connectivity index (χ2v) is 7.36. The van der Waals surface area contributed by atoms with E-state index in [1.165, 1.54) is 0 Å². The van der Waals surface area contributed by atoms with Crippen molar-refractivity contribution in [3.05, 3.63) is 23.8 Å². The van der Waals surface area contributed by atoms with E-state index >= 15 is 0 Å². The highest BCUT2D eigenvalue weighted by atomic mass is 16.6. The first-order valence-corrected chi connectivity index (χ1v) is 8.49. The lowest BCUT2D eigenvalue weighted by Gasteiger charge is -2.33. The van der Waals surface area contributed by atoms with Crippen molar-refractivity contribution in [2.45, 2.75) is 44.8 Å². The van der Waals surface area contributed by atoms with Crippen molar-refractivity contribution >= 4 is 23.3 Å². The van der Waals surface area contributed by atoms with Crippen LogP contribution in [0.25, 0.3) is 0 Å². The fourth-order valence-electron chi connectivity index (χ4n) is 2.89. The average Bonchev–Trinajstić information content (AvgIpc) is 3.05. The van der Waals surface area contributed by atoms with Crippen molar-refractivity contribution in [2.24, 2.45) is 5.73 Å². The number of likely N-dealkylation sites (tertiary alicyclic amines) is 1. The molecular formula is C18H28N4O3. The number of hydrogen-bond donors (Lipinski definition) is 3. The highest BCUT2D eigenvalue weighted by molar-refractivity contribution is 6.08. The summed E-state index contributed by atoms with van der Waals surface area (Å²) in [5.74, 6) is -1.22. The molecule has 25 heavy (non-hydrogen) atoms. The molecule has 0 aromatic heterocycles. The van der Waals surface area contributed by atoms with Gasteiger partial charge in [0.2, 0.25) is 5.54 Å². The first kappa shape index (κ1) is 19.1. The van der Waals surface area contributed by atoms with Crippen molar-refractivity contribution < 1.29 is 14.3 Å². The number of esters is 1. The summed E-state index contributed by atoms with van der Waals surface area (Å²) in [4.78, 5) is 27.6. The second-order valence-electron chi connectivity index (χ2n) is 7.36. The molecule has 1 aromatic rings. The minimum atomic E-state index is -1.92. The van der Waals surface area contributed by atoms with Gasteiger partial charge in [-0.15, -0.1) is 0 Å². The van der Waals surface area contributed by atoms with E-state index in [0.29, 0.717) is 30.0 Å². The SMILES string of the molecule is CNc1ccc(C(N)(C(=O)OC(C)(C)C)C(=O)N2CCCC2)cc1N. The van der Waals surface area contributed by atoms with Gasteiger partial charge in [-0.1, -0.05) is 6.07 Å². The molecule has 1 heterocycles. The van der Waals surface area contributed by atoms with Crippen molar-refractivity contribution in [3.8, 4) is 0 Å². The van der Waals surface area contributed by atoms with Crippen LogP contribution in [0.4, 0.5) is 11.4 Å². The number of benzene rings is 1. The molecule has 1 fully saturated rings. The molecule has 7 heteroatoms. The maximum absolute atomic E-state index is 13.1. The molecule has 1 amide bonds. The fourth-order valence-corrected chi connectivity index (χ4v) is 2.89. The number of anilines is 2. The number of nitrogens with two attached hydrogens (primary N) is 2. The summed E-state index contributed by atoms with van der Waals surface area (Å²) < 4.78 is 5.47. The number of carbonyl (C=O) groups is 2. The van der Waals surface area contributed by atoms with Crippen LogP contribution < -0.4 is 16.8 Å². The van der Waals surface area contributed by atoms with Gasteiger partial charge < -0.3 is 26.4 Å². The number of nitrogens with one attached hydrogen (secondary N) is 1. The van der Waals surface area contributed by atoms with Crippen LogP contribution in [0.5, 0.6) is 0 Å². The number of rotatable bonds is 4. The third-order valence-corrected chi connectivity index (χ3v) is 4.23. The van der Waals surface area contributed by atoms with Crippen molar-refractivity contribution in [2.75, 3.05) is 31.2 Å². The fraction of sp³-hybridized carbons (Fsp3) is 0.556. The van der Waals surface area contributed by atoms with E-state index in [4.69, 9.17) is 16.2 Å². The van der Waals surface area contributed by atoms with Crippen LogP contribution in [0.3, 0.4) is 0 Å². The summed E-state index contributed by atoms with van der Waals surface area (Å²) in [6, 6.07) is 4.90. The molecule has 0 bridgehead atoms. The normalized spacial score (nSPS) is 17.1. The quantitative estimate of drug-likeness (QED) is 0.431. The standard InChI is InChI=1S/C18H28N4O3/c1-17(2,3)25-16(24)18(20,15(23)22-9-5-6-10-22)12-7-8-14(21-4)13(19)11-12/h7-8,11,21H,5-6,9-10,19-20H2,1-4H3. The summed E-state index contributed by atoms with van der Waals surface area (Å²) in [5, 5.41) is 2.95.